The molecular formula is C19H19NO. The second-order valence-electron chi connectivity index (χ2n) is 5.31. The second-order valence-corrected chi connectivity index (χ2v) is 5.31. The molecule has 0 amide bonds. The molecule has 2 aromatic rings. The van der Waals surface area contributed by atoms with E-state index in [1.807, 2.05) is 24.3 Å². The van der Waals surface area contributed by atoms with Crippen molar-refractivity contribution in [2.24, 2.45) is 5.92 Å². The van der Waals surface area contributed by atoms with Gasteiger partial charge in [0.1, 0.15) is 5.78 Å². The number of ketones is 1. The van der Waals surface area contributed by atoms with Crippen LogP contribution in [0.3, 0.4) is 0 Å². The summed E-state index contributed by atoms with van der Waals surface area (Å²) >= 11 is 0. The van der Waals surface area contributed by atoms with Crippen LogP contribution >= 0.6 is 0 Å². The SMILES string of the molecule is CCC(Cc1ccc(-c2ccc(C#N)cc2)cc1)C(C)=O. The summed E-state index contributed by atoms with van der Waals surface area (Å²) in [5.74, 6) is 0.374. The van der Waals surface area contributed by atoms with Crippen LogP contribution in [-0.2, 0) is 11.2 Å². The van der Waals surface area contributed by atoms with Crippen molar-refractivity contribution in [3.63, 3.8) is 0 Å². The minimum atomic E-state index is 0.116. The number of nitrogens with zero attached hydrogens (tertiary/aromatic N) is 1. The van der Waals surface area contributed by atoms with Crippen LogP contribution in [0.4, 0.5) is 0 Å². The number of carbonyl (C=O) groups is 1. The Morgan fingerprint density at radius 1 is 1.05 bits per heavy atom. The number of Topliss-reactive ketones (excluding diaryl/α,β-unsaturated/α-hetero) is 1. The third-order valence-electron chi connectivity index (χ3n) is 3.85. The number of hydrogen-bond donors (Lipinski definition) is 0. The summed E-state index contributed by atoms with van der Waals surface area (Å²) in [4.78, 5) is 11.5. The molecule has 2 nitrogen and oxygen atoms in total. The summed E-state index contributed by atoms with van der Waals surface area (Å²) in [6.45, 7) is 3.72. The Morgan fingerprint density at radius 3 is 2.00 bits per heavy atom. The van der Waals surface area contributed by atoms with Crippen LogP contribution in [0.2, 0.25) is 0 Å². The largest absolute Gasteiger partial charge is 0.300 e. The highest BCUT2D eigenvalue weighted by atomic mass is 16.1. The molecule has 0 aliphatic heterocycles. The van der Waals surface area contributed by atoms with Crippen LogP contribution in [0.15, 0.2) is 48.5 Å². The molecule has 0 radical (unpaired) electrons. The minimum absolute atomic E-state index is 0.116. The molecule has 2 heteroatoms. The quantitative estimate of drug-likeness (QED) is 0.813. The van der Waals surface area contributed by atoms with E-state index in [2.05, 4.69) is 37.3 Å². The van der Waals surface area contributed by atoms with Gasteiger partial charge < -0.3 is 0 Å². The van der Waals surface area contributed by atoms with E-state index in [1.54, 1.807) is 6.92 Å². The lowest BCUT2D eigenvalue weighted by Crippen LogP contribution is -2.12. The molecule has 2 aromatic carbocycles. The van der Waals surface area contributed by atoms with Crippen molar-refractivity contribution in [1.82, 2.24) is 0 Å². The van der Waals surface area contributed by atoms with Crippen molar-refractivity contribution in [2.75, 3.05) is 0 Å². The Balaban J connectivity index is 2.14. The van der Waals surface area contributed by atoms with Crippen molar-refractivity contribution in [2.45, 2.75) is 26.7 Å². The van der Waals surface area contributed by atoms with Crippen LogP contribution in [0.5, 0.6) is 0 Å². The predicted octanol–water partition coefficient (Wildman–Crippen LogP) is 4.38. The number of benzene rings is 2. The molecule has 1 unspecified atom stereocenters. The fraction of sp³-hybridized carbons (Fsp3) is 0.263. The highest BCUT2D eigenvalue weighted by molar-refractivity contribution is 5.78. The maximum atomic E-state index is 11.5. The smallest absolute Gasteiger partial charge is 0.133 e. The first-order chi connectivity index (χ1) is 10.1. The number of nitriles is 1. The summed E-state index contributed by atoms with van der Waals surface area (Å²) < 4.78 is 0. The first-order valence-electron chi connectivity index (χ1n) is 7.24. The van der Waals surface area contributed by atoms with Gasteiger partial charge in [-0.05, 0) is 48.6 Å². The van der Waals surface area contributed by atoms with Crippen molar-refractivity contribution in [3.05, 3.63) is 59.7 Å². The van der Waals surface area contributed by atoms with E-state index in [0.717, 1.165) is 24.0 Å². The summed E-state index contributed by atoms with van der Waals surface area (Å²) in [6.07, 6.45) is 1.69. The van der Waals surface area contributed by atoms with Crippen LogP contribution < -0.4 is 0 Å². The summed E-state index contributed by atoms with van der Waals surface area (Å²) in [6, 6.07) is 18.0. The number of rotatable bonds is 5. The van der Waals surface area contributed by atoms with Gasteiger partial charge in [-0.1, -0.05) is 43.3 Å². The second kappa shape index (κ2) is 6.85. The van der Waals surface area contributed by atoms with Gasteiger partial charge in [0.15, 0.2) is 0 Å². The highest BCUT2D eigenvalue weighted by Gasteiger charge is 2.12. The van der Waals surface area contributed by atoms with Gasteiger partial charge in [0, 0.05) is 5.92 Å². The van der Waals surface area contributed by atoms with Gasteiger partial charge in [-0.15, -0.1) is 0 Å². The zero-order valence-corrected chi connectivity index (χ0v) is 12.5. The summed E-state index contributed by atoms with van der Waals surface area (Å²) in [7, 11) is 0. The average Bonchev–Trinajstić information content (AvgIpc) is 2.53. The monoisotopic (exact) mass is 277 g/mol. The molecule has 0 spiro atoms. The normalized spacial score (nSPS) is 11.7. The van der Waals surface area contributed by atoms with Gasteiger partial charge in [-0.2, -0.15) is 5.26 Å². The van der Waals surface area contributed by atoms with Crippen molar-refractivity contribution >= 4 is 5.78 Å². The van der Waals surface area contributed by atoms with Gasteiger partial charge >= 0.3 is 0 Å². The third kappa shape index (κ3) is 3.79. The van der Waals surface area contributed by atoms with E-state index in [-0.39, 0.29) is 11.7 Å². The molecule has 0 saturated carbocycles. The van der Waals surface area contributed by atoms with E-state index in [4.69, 9.17) is 5.26 Å². The zero-order valence-electron chi connectivity index (χ0n) is 12.5. The first-order valence-corrected chi connectivity index (χ1v) is 7.24. The molecule has 0 fully saturated rings. The molecule has 106 valence electrons. The lowest BCUT2D eigenvalue weighted by Gasteiger charge is -2.11. The van der Waals surface area contributed by atoms with Gasteiger partial charge in [-0.3, -0.25) is 4.79 Å². The van der Waals surface area contributed by atoms with E-state index in [1.165, 1.54) is 5.56 Å². The Labute approximate surface area is 126 Å². The van der Waals surface area contributed by atoms with Gasteiger partial charge in [0.2, 0.25) is 0 Å². The predicted molar refractivity (Wildman–Crippen MR) is 84.8 cm³/mol. The molecule has 0 aromatic heterocycles. The van der Waals surface area contributed by atoms with E-state index in [9.17, 15) is 4.79 Å². The van der Waals surface area contributed by atoms with Gasteiger partial charge in [-0.25, -0.2) is 0 Å². The lowest BCUT2D eigenvalue weighted by molar-refractivity contribution is -0.120. The van der Waals surface area contributed by atoms with Crippen molar-refractivity contribution < 1.29 is 4.79 Å². The molecule has 1 atom stereocenters. The summed E-state index contributed by atoms with van der Waals surface area (Å²) in [5.41, 5.74) is 4.08. The van der Waals surface area contributed by atoms with E-state index in [0.29, 0.717) is 5.56 Å². The highest BCUT2D eigenvalue weighted by Crippen LogP contribution is 2.22. The molecule has 0 bridgehead atoms. The number of carbonyl (C=O) groups excluding carboxylic acids is 1. The molecule has 0 heterocycles. The molecule has 0 saturated heterocycles. The van der Waals surface area contributed by atoms with Gasteiger partial charge in [0.05, 0.1) is 11.6 Å². The van der Waals surface area contributed by atoms with E-state index < -0.39 is 0 Å². The standard InChI is InChI=1S/C19H19NO/c1-3-17(14(2)21)12-15-4-8-18(9-5-15)19-10-6-16(13-20)7-11-19/h4-11,17H,3,12H2,1-2H3. The first kappa shape index (κ1) is 15.0. The number of hydrogen-bond acceptors (Lipinski definition) is 2. The maximum absolute atomic E-state index is 11.5. The van der Waals surface area contributed by atoms with Gasteiger partial charge in [0.25, 0.3) is 0 Å². The Morgan fingerprint density at radius 2 is 1.57 bits per heavy atom. The van der Waals surface area contributed by atoms with Crippen LogP contribution in [0.1, 0.15) is 31.4 Å². The van der Waals surface area contributed by atoms with Crippen LogP contribution in [0, 0.1) is 17.2 Å². The molecule has 21 heavy (non-hydrogen) atoms. The van der Waals surface area contributed by atoms with Crippen LogP contribution in [0.25, 0.3) is 11.1 Å². The minimum Gasteiger partial charge on any atom is -0.300 e. The fourth-order valence-electron chi connectivity index (χ4n) is 2.43. The molecular weight excluding hydrogens is 258 g/mol. The van der Waals surface area contributed by atoms with Crippen molar-refractivity contribution in [1.29, 1.82) is 5.26 Å². The Bertz CT molecular complexity index is 647. The maximum Gasteiger partial charge on any atom is 0.133 e. The Hall–Kier alpha value is -2.40. The third-order valence-corrected chi connectivity index (χ3v) is 3.85. The lowest BCUT2D eigenvalue weighted by atomic mass is 9.92. The van der Waals surface area contributed by atoms with Crippen molar-refractivity contribution in [3.8, 4) is 17.2 Å². The van der Waals surface area contributed by atoms with Crippen LogP contribution in [-0.4, -0.2) is 5.78 Å². The molecule has 0 aliphatic rings. The van der Waals surface area contributed by atoms with E-state index >= 15 is 0 Å². The zero-order chi connectivity index (χ0) is 15.2. The Kier molecular flexibility index (Phi) is 4.90. The molecule has 0 N–H and O–H groups in total. The topological polar surface area (TPSA) is 40.9 Å². The fourth-order valence-corrected chi connectivity index (χ4v) is 2.43. The average molecular weight is 277 g/mol. The molecule has 0 aliphatic carbocycles. The molecule has 2 rings (SSSR count). The summed E-state index contributed by atoms with van der Waals surface area (Å²) in [5, 5.41) is 8.81.